The van der Waals surface area contributed by atoms with E-state index < -0.39 is 11.9 Å². The highest BCUT2D eigenvalue weighted by atomic mass is 32.1. The standard InChI is InChI=1S/C9H12N2O4S/c1-10-9-11-7(8(13)15-3)5(16-9)4-6(12)14-2/h4H2,1-3H3,(H,10,11). The fraction of sp³-hybridized carbons (Fsp3) is 0.444. The second-order valence-electron chi connectivity index (χ2n) is 2.79. The molecule has 1 N–H and O–H groups in total. The Bertz CT molecular complexity index is 402. The molecule has 0 radical (unpaired) electrons. The van der Waals surface area contributed by atoms with Crippen molar-refractivity contribution < 1.29 is 19.1 Å². The lowest BCUT2D eigenvalue weighted by Gasteiger charge is -1.98. The molecule has 6 nitrogen and oxygen atoms in total. The van der Waals surface area contributed by atoms with Crippen LogP contribution in [0.3, 0.4) is 0 Å². The summed E-state index contributed by atoms with van der Waals surface area (Å²) in [5.41, 5.74) is 0.155. The van der Waals surface area contributed by atoms with Gasteiger partial charge >= 0.3 is 11.9 Å². The maximum absolute atomic E-state index is 11.4. The first-order valence-corrected chi connectivity index (χ1v) is 5.26. The Labute approximate surface area is 96.6 Å². The zero-order valence-corrected chi connectivity index (χ0v) is 10.0. The van der Waals surface area contributed by atoms with Crippen LogP contribution in [-0.2, 0) is 20.7 Å². The van der Waals surface area contributed by atoms with E-state index in [0.717, 1.165) is 0 Å². The molecule has 7 heteroatoms. The molecule has 0 aliphatic carbocycles. The monoisotopic (exact) mass is 244 g/mol. The molecule has 0 aromatic carbocycles. The molecule has 0 bridgehead atoms. The minimum absolute atomic E-state index is 0.0142. The van der Waals surface area contributed by atoms with Crippen molar-refractivity contribution in [2.45, 2.75) is 6.42 Å². The van der Waals surface area contributed by atoms with Crippen LogP contribution in [0, 0.1) is 0 Å². The van der Waals surface area contributed by atoms with E-state index in [9.17, 15) is 9.59 Å². The van der Waals surface area contributed by atoms with Gasteiger partial charge in [-0.15, -0.1) is 11.3 Å². The Morgan fingerprint density at radius 2 is 2.06 bits per heavy atom. The number of rotatable bonds is 4. The van der Waals surface area contributed by atoms with Crippen molar-refractivity contribution in [3.8, 4) is 0 Å². The fourth-order valence-corrected chi connectivity index (χ4v) is 1.93. The van der Waals surface area contributed by atoms with E-state index in [1.807, 2.05) is 0 Å². The average molecular weight is 244 g/mol. The number of hydrogen-bond donors (Lipinski definition) is 1. The molecule has 0 amide bonds. The van der Waals surface area contributed by atoms with Crippen molar-refractivity contribution >= 4 is 28.4 Å². The summed E-state index contributed by atoms with van der Waals surface area (Å²) in [5, 5.41) is 3.36. The largest absolute Gasteiger partial charge is 0.469 e. The van der Waals surface area contributed by atoms with Gasteiger partial charge in [-0.05, 0) is 0 Å². The summed E-state index contributed by atoms with van der Waals surface area (Å²) in [6.45, 7) is 0. The van der Waals surface area contributed by atoms with Crippen LogP contribution in [0.15, 0.2) is 0 Å². The van der Waals surface area contributed by atoms with Crippen molar-refractivity contribution in [1.82, 2.24) is 4.98 Å². The Hall–Kier alpha value is -1.63. The fourth-order valence-electron chi connectivity index (χ4n) is 1.04. The number of carbonyl (C=O) groups is 2. The molecule has 0 unspecified atom stereocenters. The predicted molar refractivity (Wildman–Crippen MR) is 58.7 cm³/mol. The minimum atomic E-state index is -0.559. The van der Waals surface area contributed by atoms with Crippen molar-refractivity contribution in [3.63, 3.8) is 0 Å². The van der Waals surface area contributed by atoms with E-state index in [-0.39, 0.29) is 12.1 Å². The van der Waals surface area contributed by atoms with Gasteiger partial charge in [-0.1, -0.05) is 0 Å². The molecule has 0 aliphatic rings. The number of nitrogens with one attached hydrogen (secondary N) is 1. The quantitative estimate of drug-likeness (QED) is 0.785. The highest BCUT2D eigenvalue weighted by Crippen LogP contribution is 2.24. The topological polar surface area (TPSA) is 77.5 Å². The first-order chi connectivity index (χ1) is 7.62. The van der Waals surface area contributed by atoms with Crippen LogP contribution in [0.25, 0.3) is 0 Å². The van der Waals surface area contributed by atoms with Gasteiger partial charge in [0.2, 0.25) is 0 Å². The molecule has 0 saturated heterocycles. The van der Waals surface area contributed by atoms with Crippen LogP contribution in [-0.4, -0.2) is 38.2 Å². The Morgan fingerprint density at radius 3 is 2.56 bits per heavy atom. The van der Waals surface area contributed by atoms with E-state index >= 15 is 0 Å². The smallest absolute Gasteiger partial charge is 0.357 e. The van der Waals surface area contributed by atoms with E-state index in [0.29, 0.717) is 10.0 Å². The number of nitrogens with zero attached hydrogens (tertiary/aromatic N) is 1. The number of esters is 2. The van der Waals surface area contributed by atoms with Gasteiger partial charge in [0.1, 0.15) is 0 Å². The van der Waals surface area contributed by atoms with Crippen LogP contribution >= 0.6 is 11.3 Å². The second-order valence-corrected chi connectivity index (χ2v) is 3.87. The first-order valence-electron chi connectivity index (χ1n) is 4.45. The predicted octanol–water partition coefficient (Wildman–Crippen LogP) is 0.687. The Kier molecular flexibility index (Phi) is 4.24. The maximum Gasteiger partial charge on any atom is 0.357 e. The summed E-state index contributed by atoms with van der Waals surface area (Å²) in [6, 6.07) is 0. The third-order valence-electron chi connectivity index (χ3n) is 1.82. The summed E-state index contributed by atoms with van der Waals surface area (Å²) >= 11 is 1.22. The van der Waals surface area contributed by atoms with Crippen molar-refractivity contribution in [1.29, 1.82) is 0 Å². The normalized spacial score (nSPS) is 9.69. The zero-order valence-electron chi connectivity index (χ0n) is 9.20. The molecule has 0 atom stereocenters. The van der Waals surface area contributed by atoms with Gasteiger partial charge in [0.25, 0.3) is 0 Å². The summed E-state index contributed by atoms with van der Waals surface area (Å²) in [6.07, 6.45) is 0.0142. The highest BCUT2D eigenvalue weighted by molar-refractivity contribution is 7.16. The van der Waals surface area contributed by atoms with Gasteiger partial charge in [-0.25, -0.2) is 9.78 Å². The molecule has 1 aromatic rings. The van der Waals surface area contributed by atoms with Gasteiger partial charge < -0.3 is 14.8 Å². The molecule has 0 aliphatic heterocycles. The zero-order chi connectivity index (χ0) is 12.1. The number of carbonyl (C=O) groups excluding carboxylic acids is 2. The van der Waals surface area contributed by atoms with Crippen LogP contribution in [0.1, 0.15) is 15.4 Å². The number of aromatic nitrogens is 1. The molecular weight excluding hydrogens is 232 g/mol. The van der Waals surface area contributed by atoms with Crippen molar-refractivity contribution in [2.24, 2.45) is 0 Å². The van der Waals surface area contributed by atoms with Crippen LogP contribution in [0.4, 0.5) is 5.13 Å². The van der Waals surface area contributed by atoms with Crippen LogP contribution in [0.5, 0.6) is 0 Å². The maximum atomic E-state index is 11.4. The average Bonchev–Trinajstić information content (AvgIpc) is 2.71. The molecule has 1 aromatic heterocycles. The summed E-state index contributed by atoms with van der Waals surface area (Å²) < 4.78 is 9.11. The molecule has 1 heterocycles. The number of methoxy groups -OCH3 is 2. The van der Waals surface area contributed by atoms with E-state index in [1.54, 1.807) is 7.05 Å². The number of hydrogen-bond acceptors (Lipinski definition) is 7. The minimum Gasteiger partial charge on any atom is -0.469 e. The third-order valence-corrected chi connectivity index (χ3v) is 2.90. The molecule has 1 rings (SSSR count). The number of anilines is 1. The third kappa shape index (κ3) is 2.69. The lowest BCUT2D eigenvalue weighted by atomic mass is 10.3. The molecule has 0 spiro atoms. The number of thiazole rings is 1. The number of ether oxygens (including phenoxy) is 2. The van der Waals surface area contributed by atoms with E-state index in [2.05, 4.69) is 19.8 Å². The highest BCUT2D eigenvalue weighted by Gasteiger charge is 2.20. The lowest BCUT2D eigenvalue weighted by molar-refractivity contribution is -0.139. The first kappa shape index (κ1) is 12.4. The van der Waals surface area contributed by atoms with Crippen LogP contribution < -0.4 is 5.32 Å². The van der Waals surface area contributed by atoms with Gasteiger partial charge in [0, 0.05) is 7.05 Å². The summed E-state index contributed by atoms with van der Waals surface area (Å²) in [4.78, 5) is 27.0. The van der Waals surface area contributed by atoms with Gasteiger partial charge in [-0.3, -0.25) is 4.79 Å². The molecule has 0 saturated carbocycles. The Morgan fingerprint density at radius 1 is 1.38 bits per heavy atom. The van der Waals surface area contributed by atoms with Crippen molar-refractivity contribution in [3.05, 3.63) is 10.6 Å². The second kappa shape index (κ2) is 5.45. The lowest BCUT2D eigenvalue weighted by Crippen LogP contribution is -2.09. The van der Waals surface area contributed by atoms with Gasteiger partial charge in [0.05, 0.1) is 25.5 Å². The summed E-state index contributed by atoms with van der Waals surface area (Å²) in [7, 11) is 4.24. The summed E-state index contributed by atoms with van der Waals surface area (Å²) in [5.74, 6) is -0.979. The van der Waals surface area contributed by atoms with Crippen molar-refractivity contribution in [2.75, 3.05) is 26.6 Å². The van der Waals surface area contributed by atoms with Gasteiger partial charge in [0.15, 0.2) is 10.8 Å². The van der Waals surface area contributed by atoms with Gasteiger partial charge in [-0.2, -0.15) is 0 Å². The van der Waals surface area contributed by atoms with Crippen LogP contribution in [0.2, 0.25) is 0 Å². The van der Waals surface area contributed by atoms with E-state index in [4.69, 9.17) is 0 Å². The SMILES string of the molecule is CNc1nc(C(=O)OC)c(CC(=O)OC)s1. The van der Waals surface area contributed by atoms with E-state index in [1.165, 1.54) is 25.6 Å². The molecule has 0 fully saturated rings. The molecule has 88 valence electrons. The Balaban J connectivity index is 3.00. The molecule has 16 heavy (non-hydrogen) atoms. The molecular formula is C9H12N2O4S.